The average molecular weight is 122 g/mol. The normalized spacial score (nSPS) is 34.4. The van der Waals surface area contributed by atoms with Gasteiger partial charge in [0.1, 0.15) is 0 Å². The van der Waals surface area contributed by atoms with Gasteiger partial charge in [0, 0.05) is 0 Å². The summed E-state index contributed by atoms with van der Waals surface area (Å²) < 4.78 is 0. The first-order chi connectivity index (χ1) is 4.38. The van der Waals surface area contributed by atoms with Crippen molar-refractivity contribution in [3.8, 4) is 0 Å². The van der Waals surface area contributed by atoms with E-state index in [1.165, 1.54) is 6.42 Å². The Morgan fingerprint density at radius 2 is 1.44 bits per heavy atom. The number of hydrogen-bond donors (Lipinski definition) is 0. The van der Waals surface area contributed by atoms with Gasteiger partial charge in [0.15, 0.2) is 0 Å². The van der Waals surface area contributed by atoms with Gasteiger partial charge in [0.25, 0.3) is 0 Å². The van der Waals surface area contributed by atoms with Crippen LogP contribution in [0.2, 0.25) is 0 Å². The van der Waals surface area contributed by atoms with Crippen LogP contribution in [0.1, 0.15) is 20.3 Å². The predicted molar refractivity (Wildman–Crippen MR) is 41.2 cm³/mol. The number of hydrogen-bond acceptors (Lipinski definition) is 0. The third kappa shape index (κ3) is 1.70. The molecule has 0 saturated heterocycles. The third-order valence-corrected chi connectivity index (χ3v) is 1.77. The molecule has 0 nitrogen and oxygen atoms in total. The van der Waals surface area contributed by atoms with Crippen molar-refractivity contribution < 1.29 is 0 Å². The van der Waals surface area contributed by atoms with Crippen LogP contribution in [-0.2, 0) is 0 Å². The van der Waals surface area contributed by atoms with Crippen molar-refractivity contribution in [2.45, 2.75) is 20.3 Å². The van der Waals surface area contributed by atoms with Crippen molar-refractivity contribution in [3.63, 3.8) is 0 Å². The van der Waals surface area contributed by atoms with Crippen LogP contribution in [-0.4, -0.2) is 0 Å². The highest BCUT2D eigenvalue weighted by molar-refractivity contribution is 5.09. The van der Waals surface area contributed by atoms with Gasteiger partial charge >= 0.3 is 0 Å². The van der Waals surface area contributed by atoms with Gasteiger partial charge in [-0.3, -0.25) is 0 Å². The smallest absolute Gasteiger partial charge is 0.0165 e. The number of rotatable bonds is 2. The topological polar surface area (TPSA) is 0 Å². The fourth-order valence-electron chi connectivity index (χ4n) is 1.17. The Labute approximate surface area is 57.3 Å². The maximum atomic E-state index is 2.30. The molecule has 2 atom stereocenters. The molecule has 1 aliphatic carbocycles. The van der Waals surface area contributed by atoms with Gasteiger partial charge in [0.05, 0.1) is 0 Å². The summed E-state index contributed by atoms with van der Waals surface area (Å²) in [6, 6.07) is 0. The molecule has 1 saturated carbocycles. The summed E-state index contributed by atoms with van der Waals surface area (Å²) in [5.74, 6) is 1.73. The Bertz CT molecular complexity index is 115. The zero-order valence-electron chi connectivity index (χ0n) is 6.17. The number of allylic oxidation sites excluding steroid dienone is 4. The Hall–Kier alpha value is -0.520. The fourth-order valence-corrected chi connectivity index (χ4v) is 1.17. The minimum Gasteiger partial charge on any atom is -0.0914 e. The van der Waals surface area contributed by atoms with Gasteiger partial charge in [-0.25, -0.2) is 0 Å². The molecule has 1 aliphatic rings. The fraction of sp³-hybridized carbons (Fsp3) is 0.556. The molecule has 0 unspecified atom stereocenters. The lowest BCUT2D eigenvalue weighted by molar-refractivity contribution is 0.990. The van der Waals surface area contributed by atoms with Crippen LogP contribution >= 0.6 is 0 Å². The van der Waals surface area contributed by atoms with E-state index in [1.54, 1.807) is 0 Å². The van der Waals surface area contributed by atoms with E-state index >= 15 is 0 Å². The SMILES string of the molecule is C/C=C\[C@@H]1C[C@H]1/C=C/C. The van der Waals surface area contributed by atoms with Gasteiger partial charge in [-0.15, -0.1) is 0 Å². The van der Waals surface area contributed by atoms with Gasteiger partial charge < -0.3 is 0 Å². The molecule has 0 amide bonds. The summed E-state index contributed by atoms with van der Waals surface area (Å²) in [5, 5.41) is 0. The molecule has 0 bridgehead atoms. The van der Waals surface area contributed by atoms with E-state index in [9.17, 15) is 0 Å². The molecule has 1 fully saturated rings. The second-order valence-corrected chi connectivity index (χ2v) is 2.61. The maximum Gasteiger partial charge on any atom is -0.0165 e. The van der Waals surface area contributed by atoms with E-state index in [1.807, 2.05) is 0 Å². The molecule has 0 heteroatoms. The lowest BCUT2D eigenvalue weighted by atomic mass is 10.3. The second-order valence-electron chi connectivity index (χ2n) is 2.61. The minimum absolute atomic E-state index is 0.867. The summed E-state index contributed by atoms with van der Waals surface area (Å²) in [5.41, 5.74) is 0. The largest absolute Gasteiger partial charge is 0.0914 e. The van der Waals surface area contributed by atoms with Crippen LogP contribution in [0, 0.1) is 11.8 Å². The van der Waals surface area contributed by atoms with Crippen molar-refractivity contribution in [2.24, 2.45) is 11.8 Å². The van der Waals surface area contributed by atoms with Gasteiger partial charge in [0.2, 0.25) is 0 Å². The Morgan fingerprint density at radius 3 is 1.78 bits per heavy atom. The molecule has 0 aromatic rings. The van der Waals surface area contributed by atoms with Crippen molar-refractivity contribution in [1.29, 1.82) is 0 Å². The maximum absolute atomic E-state index is 2.30. The van der Waals surface area contributed by atoms with Crippen molar-refractivity contribution in [1.82, 2.24) is 0 Å². The molecule has 0 aromatic carbocycles. The summed E-state index contributed by atoms with van der Waals surface area (Å²) >= 11 is 0. The molecule has 0 aliphatic heterocycles. The monoisotopic (exact) mass is 122 g/mol. The summed E-state index contributed by atoms with van der Waals surface area (Å²) in [6.07, 6.45) is 10.3. The highest BCUT2D eigenvalue weighted by atomic mass is 14.4. The van der Waals surface area contributed by atoms with Crippen LogP contribution in [0.5, 0.6) is 0 Å². The molecule has 1 rings (SSSR count). The second kappa shape index (κ2) is 2.86. The Balaban J connectivity index is 2.24. The van der Waals surface area contributed by atoms with Crippen LogP contribution in [0.4, 0.5) is 0 Å². The zero-order chi connectivity index (χ0) is 6.69. The molecule has 0 heterocycles. The highest BCUT2D eigenvalue weighted by Crippen LogP contribution is 2.40. The van der Waals surface area contributed by atoms with E-state index in [0.717, 1.165) is 11.8 Å². The molecule has 0 N–H and O–H groups in total. The van der Waals surface area contributed by atoms with Gasteiger partial charge in [-0.1, -0.05) is 24.3 Å². The predicted octanol–water partition coefficient (Wildman–Crippen LogP) is 2.77. The molecule has 0 spiro atoms. The molecule has 0 radical (unpaired) electrons. The standard InChI is InChI=1S/C9H14/c1-3-5-8-7-9(8)6-4-2/h3-6,8-9H,7H2,1-2H3/b5-3-,6-4+/t8-,9-/m1/s1. The van der Waals surface area contributed by atoms with E-state index < -0.39 is 0 Å². The third-order valence-electron chi connectivity index (χ3n) is 1.77. The minimum atomic E-state index is 0.867. The average Bonchev–Trinajstić information content (AvgIpc) is 2.50. The molecule has 50 valence electrons. The van der Waals surface area contributed by atoms with E-state index in [2.05, 4.69) is 38.2 Å². The van der Waals surface area contributed by atoms with Crippen LogP contribution in [0.25, 0.3) is 0 Å². The van der Waals surface area contributed by atoms with Crippen molar-refractivity contribution in [3.05, 3.63) is 24.3 Å². The first-order valence-electron chi connectivity index (χ1n) is 3.64. The van der Waals surface area contributed by atoms with Crippen LogP contribution < -0.4 is 0 Å². The molecular formula is C9H14. The van der Waals surface area contributed by atoms with E-state index in [-0.39, 0.29) is 0 Å². The summed E-state index contributed by atoms with van der Waals surface area (Å²) in [7, 11) is 0. The zero-order valence-corrected chi connectivity index (χ0v) is 6.17. The first-order valence-corrected chi connectivity index (χ1v) is 3.64. The lowest BCUT2D eigenvalue weighted by Gasteiger charge is -1.80. The van der Waals surface area contributed by atoms with E-state index in [4.69, 9.17) is 0 Å². The Morgan fingerprint density at radius 1 is 1.00 bits per heavy atom. The van der Waals surface area contributed by atoms with Crippen LogP contribution in [0.3, 0.4) is 0 Å². The summed E-state index contributed by atoms with van der Waals surface area (Å²) in [6.45, 7) is 4.18. The molecular weight excluding hydrogens is 108 g/mol. The molecule has 9 heavy (non-hydrogen) atoms. The van der Waals surface area contributed by atoms with Crippen molar-refractivity contribution >= 4 is 0 Å². The quantitative estimate of drug-likeness (QED) is 0.494. The lowest BCUT2D eigenvalue weighted by Crippen LogP contribution is -1.69. The van der Waals surface area contributed by atoms with E-state index in [0.29, 0.717) is 0 Å². The molecule has 0 aromatic heterocycles. The van der Waals surface area contributed by atoms with Gasteiger partial charge in [-0.05, 0) is 32.1 Å². The first kappa shape index (κ1) is 6.60. The highest BCUT2D eigenvalue weighted by Gasteiger charge is 2.31. The van der Waals surface area contributed by atoms with Gasteiger partial charge in [-0.2, -0.15) is 0 Å². The van der Waals surface area contributed by atoms with Crippen LogP contribution in [0.15, 0.2) is 24.3 Å². The van der Waals surface area contributed by atoms with Crippen molar-refractivity contribution in [2.75, 3.05) is 0 Å². The Kier molecular flexibility index (Phi) is 2.10. The summed E-state index contributed by atoms with van der Waals surface area (Å²) in [4.78, 5) is 0.